The Morgan fingerprint density at radius 2 is 2.00 bits per heavy atom. The number of halogens is 1. The Morgan fingerprint density at radius 3 is 2.64 bits per heavy atom. The van der Waals surface area contributed by atoms with Gasteiger partial charge in [0, 0.05) is 18.1 Å². The summed E-state index contributed by atoms with van der Waals surface area (Å²) in [5, 5.41) is 12.2. The number of sulfonamides is 1. The summed E-state index contributed by atoms with van der Waals surface area (Å²) < 4.78 is 28.1. The second-order valence-corrected chi connectivity index (χ2v) is 7.99. The zero-order valence-electron chi connectivity index (χ0n) is 15.9. The molecule has 4 N–H and O–H groups in total. The second kappa shape index (κ2) is 10.3. The van der Waals surface area contributed by atoms with E-state index in [1.807, 2.05) is 19.1 Å². The number of aliphatic imine (C=N–C) groups is 1. The van der Waals surface area contributed by atoms with Crippen LogP contribution in [0.3, 0.4) is 0 Å². The van der Waals surface area contributed by atoms with Crippen LogP contribution in [-0.4, -0.2) is 34.6 Å². The summed E-state index contributed by atoms with van der Waals surface area (Å²) in [5.41, 5.74) is 1.76. The van der Waals surface area contributed by atoms with E-state index in [0.717, 1.165) is 16.9 Å². The minimum Gasteiger partial charge on any atom is -0.497 e. The molecule has 2 aromatic rings. The zero-order chi connectivity index (χ0) is 20.6. The van der Waals surface area contributed by atoms with Crippen molar-refractivity contribution < 1.29 is 13.2 Å². The van der Waals surface area contributed by atoms with Gasteiger partial charge in [-0.05, 0) is 48.7 Å². The predicted octanol–water partition coefficient (Wildman–Crippen LogP) is 2.29. The van der Waals surface area contributed by atoms with Crippen LogP contribution in [0.1, 0.15) is 18.1 Å². The molecular formula is C19H25ClN4O3S. The van der Waals surface area contributed by atoms with Crippen LogP contribution in [-0.2, 0) is 23.0 Å². The summed E-state index contributed by atoms with van der Waals surface area (Å²) in [4.78, 5) is 4.57. The highest BCUT2D eigenvalue weighted by Gasteiger charge is 2.08. The maximum atomic E-state index is 11.5. The molecule has 0 amide bonds. The number of methoxy groups -OCH3 is 1. The quantitative estimate of drug-likeness (QED) is 0.445. The van der Waals surface area contributed by atoms with Crippen molar-refractivity contribution in [2.75, 3.05) is 20.2 Å². The molecule has 0 fully saturated rings. The highest BCUT2D eigenvalue weighted by molar-refractivity contribution is 7.89. The van der Waals surface area contributed by atoms with Gasteiger partial charge in [-0.25, -0.2) is 18.5 Å². The van der Waals surface area contributed by atoms with E-state index in [1.165, 1.54) is 12.1 Å². The molecule has 28 heavy (non-hydrogen) atoms. The number of nitrogens with zero attached hydrogens (tertiary/aromatic N) is 1. The summed E-state index contributed by atoms with van der Waals surface area (Å²) in [6.45, 7) is 3.63. The second-order valence-electron chi connectivity index (χ2n) is 6.02. The molecule has 0 bridgehead atoms. The summed E-state index contributed by atoms with van der Waals surface area (Å²) in [7, 11) is -2.13. The maximum absolute atomic E-state index is 11.5. The minimum atomic E-state index is -3.73. The van der Waals surface area contributed by atoms with Crippen LogP contribution in [0.4, 0.5) is 0 Å². The highest BCUT2D eigenvalue weighted by atomic mass is 35.5. The fourth-order valence-corrected chi connectivity index (χ4v) is 3.36. The molecule has 0 saturated carbocycles. The van der Waals surface area contributed by atoms with Crippen molar-refractivity contribution in [1.82, 2.24) is 10.6 Å². The summed E-state index contributed by atoms with van der Waals surface area (Å²) in [6, 6.07) is 12.0. The Hall–Kier alpha value is -2.29. The molecule has 0 heterocycles. The molecule has 7 nitrogen and oxygen atoms in total. The molecular weight excluding hydrogens is 400 g/mol. The first-order chi connectivity index (χ1) is 13.3. The fourth-order valence-electron chi connectivity index (χ4n) is 2.51. The predicted molar refractivity (Wildman–Crippen MR) is 112 cm³/mol. The van der Waals surface area contributed by atoms with Gasteiger partial charge < -0.3 is 15.4 Å². The number of hydrogen-bond donors (Lipinski definition) is 3. The number of benzene rings is 2. The normalized spacial score (nSPS) is 11.9. The third kappa shape index (κ3) is 6.70. The molecule has 0 aromatic heterocycles. The largest absolute Gasteiger partial charge is 0.497 e. The van der Waals surface area contributed by atoms with Crippen molar-refractivity contribution in [1.29, 1.82) is 0 Å². The number of nitrogens with one attached hydrogen (secondary N) is 2. The summed E-state index contributed by atoms with van der Waals surface area (Å²) >= 11 is 6.26. The number of nitrogens with two attached hydrogens (primary N) is 1. The van der Waals surface area contributed by atoms with Gasteiger partial charge in [0.2, 0.25) is 10.0 Å². The molecule has 0 atom stereocenters. The molecule has 2 aromatic carbocycles. The van der Waals surface area contributed by atoms with Crippen molar-refractivity contribution in [3.8, 4) is 5.75 Å². The molecule has 9 heteroatoms. The van der Waals surface area contributed by atoms with Crippen LogP contribution in [0.2, 0.25) is 5.02 Å². The van der Waals surface area contributed by atoms with Crippen molar-refractivity contribution in [3.63, 3.8) is 0 Å². The first-order valence-corrected chi connectivity index (χ1v) is 10.7. The van der Waals surface area contributed by atoms with E-state index in [9.17, 15) is 8.42 Å². The highest BCUT2D eigenvalue weighted by Crippen LogP contribution is 2.22. The topological polar surface area (TPSA) is 106 Å². The lowest BCUT2D eigenvalue weighted by atomic mass is 10.1. The number of rotatable bonds is 8. The number of primary sulfonamides is 1. The SMILES string of the molecule is CCNC(=NCc1cccc(S(N)(=O)=O)c1)NCCc1ccc(OC)cc1Cl. The summed E-state index contributed by atoms with van der Waals surface area (Å²) in [5.74, 6) is 1.35. The lowest BCUT2D eigenvalue weighted by Crippen LogP contribution is -2.38. The Balaban J connectivity index is 1.99. The molecule has 0 unspecified atom stereocenters. The molecule has 2 rings (SSSR count). The van der Waals surface area contributed by atoms with Gasteiger partial charge in [-0.1, -0.05) is 29.8 Å². The first kappa shape index (κ1) is 22.0. The van der Waals surface area contributed by atoms with E-state index in [1.54, 1.807) is 25.3 Å². The Morgan fingerprint density at radius 1 is 1.21 bits per heavy atom. The Bertz CT molecular complexity index is 933. The van der Waals surface area contributed by atoms with Crippen LogP contribution >= 0.6 is 11.6 Å². The number of guanidine groups is 1. The van der Waals surface area contributed by atoms with E-state index in [2.05, 4.69) is 15.6 Å². The van der Waals surface area contributed by atoms with Crippen LogP contribution in [0.5, 0.6) is 5.75 Å². The Labute approximate surface area is 171 Å². The van der Waals surface area contributed by atoms with Gasteiger partial charge in [0.05, 0.1) is 18.6 Å². The van der Waals surface area contributed by atoms with Gasteiger partial charge in [-0.2, -0.15) is 0 Å². The third-order valence-electron chi connectivity index (χ3n) is 3.94. The average molecular weight is 425 g/mol. The lowest BCUT2D eigenvalue weighted by Gasteiger charge is -2.12. The molecule has 0 spiro atoms. The van der Waals surface area contributed by atoms with E-state index in [4.69, 9.17) is 21.5 Å². The third-order valence-corrected chi connectivity index (χ3v) is 5.20. The van der Waals surface area contributed by atoms with Gasteiger partial charge in [-0.15, -0.1) is 0 Å². The standard InChI is InChI=1S/C19H25ClN4O3S/c1-3-22-19(23-10-9-15-7-8-16(27-2)12-18(15)20)24-13-14-5-4-6-17(11-14)28(21,25)26/h4-8,11-12H,3,9-10,13H2,1-2H3,(H2,21,25,26)(H2,22,23,24). The molecule has 0 aliphatic carbocycles. The van der Waals surface area contributed by atoms with Gasteiger partial charge in [0.25, 0.3) is 0 Å². The minimum absolute atomic E-state index is 0.0762. The number of hydrogen-bond acceptors (Lipinski definition) is 4. The maximum Gasteiger partial charge on any atom is 0.238 e. The monoisotopic (exact) mass is 424 g/mol. The van der Waals surface area contributed by atoms with Gasteiger partial charge in [0.15, 0.2) is 5.96 Å². The average Bonchev–Trinajstić information content (AvgIpc) is 2.66. The van der Waals surface area contributed by atoms with Crippen molar-refractivity contribution in [3.05, 3.63) is 58.6 Å². The summed E-state index contributed by atoms with van der Waals surface area (Å²) in [6.07, 6.45) is 0.716. The van der Waals surface area contributed by atoms with Crippen LogP contribution < -0.4 is 20.5 Å². The zero-order valence-corrected chi connectivity index (χ0v) is 17.5. The molecule has 0 aliphatic rings. The van der Waals surface area contributed by atoms with E-state index in [0.29, 0.717) is 37.0 Å². The Kier molecular flexibility index (Phi) is 8.10. The smallest absolute Gasteiger partial charge is 0.238 e. The lowest BCUT2D eigenvalue weighted by molar-refractivity contribution is 0.414. The van der Waals surface area contributed by atoms with E-state index < -0.39 is 10.0 Å². The molecule has 0 saturated heterocycles. The fraction of sp³-hybridized carbons (Fsp3) is 0.316. The first-order valence-electron chi connectivity index (χ1n) is 8.80. The molecule has 0 aliphatic heterocycles. The molecule has 152 valence electrons. The van der Waals surface area contributed by atoms with Crippen molar-refractivity contribution >= 4 is 27.6 Å². The van der Waals surface area contributed by atoms with Gasteiger partial charge >= 0.3 is 0 Å². The number of ether oxygens (including phenoxy) is 1. The van der Waals surface area contributed by atoms with Gasteiger partial charge in [-0.3, -0.25) is 0 Å². The molecule has 0 radical (unpaired) electrons. The van der Waals surface area contributed by atoms with Crippen molar-refractivity contribution in [2.45, 2.75) is 24.8 Å². The van der Waals surface area contributed by atoms with E-state index in [-0.39, 0.29) is 4.90 Å². The van der Waals surface area contributed by atoms with Gasteiger partial charge in [0.1, 0.15) is 5.75 Å². The van der Waals surface area contributed by atoms with Crippen LogP contribution in [0, 0.1) is 0 Å². The van der Waals surface area contributed by atoms with Crippen LogP contribution in [0.25, 0.3) is 0 Å². The van der Waals surface area contributed by atoms with Crippen molar-refractivity contribution in [2.24, 2.45) is 10.1 Å². The van der Waals surface area contributed by atoms with E-state index >= 15 is 0 Å². The van der Waals surface area contributed by atoms with Crippen LogP contribution in [0.15, 0.2) is 52.4 Å².